The van der Waals surface area contributed by atoms with Gasteiger partial charge >= 0.3 is 0 Å². The molecule has 3 aromatic heterocycles. The fourth-order valence-electron chi connectivity index (χ4n) is 3.63. The van der Waals surface area contributed by atoms with Crippen molar-refractivity contribution in [1.82, 2.24) is 25.2 Å². The summed E-state index contributed by atoms with van der Waals surface area (Å²) in [7, 11) is 1.84. The van der Waals surface area contributed by atoms with Crippen LogP contribution in [-0.2, 0) is 0 Å². The van der Waals surface area contributed by atoms with Crippen molar-refractivity contribution in [2.75, 3.05) is 44.7 Å². The molecule has 4 heterocycles. The van der Waals surface area contributed by atoms with Crippen molar-refractivity contribution >= 4 is 39.6 Å². The van der Waals surface area contributed by atoms with E-state index >= 15 is 0 Å². The van der Waals surface area contributed by atoms with Crippen molar-refractivity contribution in [3.8, 4) is 0 Å². The highest BCUT2D eigenvalue weighted by Crippen LogP contribution is 2.21. The third kappa shape index (κ3) is 4.58. The minimum absolute atomic E-state index is 0.433. The van der Waals surface area contributed by atoms with Crippen LogP contribution in [0.1, 0.15) is 5.56 Å². The summed E-state index contributed by atoms with van der Waals surface area (Å²) in [6.07, 6.45) is 7.33. The van der Waals surface area contributed by atoms with Crippen LogP contribution in [0.15, 0.2) is 55.1 Å². The number of fused-ring (bicyclic) bond motifs is 1. The molecular weight excluding hydrogens is 398 g/mol. The lowest BCUT2D eigenvalue weighted by Gasteiger charge is -2.36. The molecule has 0 amide bonds. The SMILES string of the molecule is CN/C=C(\C(=N)CN1CCN(c2cccnc2)CC1)c1cnc2ccc(Cl)nc2c1. The van der Waals surface area contributed by atoms with Crippen LogP contribution in [-0.4, -0.2) is 65.3 Å². The van der Waals surface area contributed by atoms with Gasteiger partial charge in [-0.2, -0.15) is 0 Å². The fourth-order valence-corrected chi connectivity index (χ4v) is 3.79. The molecule has 1 aliphatic rings. The summed E-state index contributed by atoms with van der Waals surface area (Å²) in [6, 6.07) is 9.57. The maximum atomic E-state index is 8.74. The van der Waals surface area contributed by atoms with E-state index in [1.54, 1.807) is 18.5 Å². The molecule has 0 radical (unpaired) electrons. The Morgan fingerprint density at radius 2 is 2.00 bits per heavy atom. The van der Waals surface area contributed by atoms with Crippen LogP contribution in [0.3, 0.4) is 0 Å². The van der Waals surface area contributed by atoms with Gasteiger partial charge in [-0.05, 0) is 30.3 Å². The molecule has 0 bridgehead atoms. The average Bonchev–Trinajstić information content (AvgIpc) is 2.78. The molecule has 0 aliphatic carbocycles. The summed E-state index contributed by atoms with van der Waals surface area (Å²) >= 11 is 6.04. The lowest BCUT2D eigenvalue weighted by atomic mass is 10.0. The minimum atomic E-state index is 0.433. The van der Waals surface area contributed by atoms with Crippen molar-refractivity contribution in [3.63, 3.8) is 0 Å². The zero-order chi connectivity index (χ0) is 20.9. The second kappa shape index (κ2) is 9.19. The predicted molar refractivity (Wildman–Crippen MR) is 122 cm³/mol. The standard InChI is InChI=1S/C22H24ClN7/c1-25-14-18(16-11-21-20(27-12-16)4-5-22(23)28-21)19(24)15-29-7-9-30(10-8-29)17-3-2-6-26-13-17/h2-6,11-14,24-25H,7-10,15H2,1H3/b18-14-,24-19?. The summed E-state index contributed by atoms with van der Waals surface area (Å²) in [4.78, 5) is 17.7. The van der Waals surface area contributed by atoms with Crippen molar-refractivity contribution in [3.05, 3.63) is 65.8 Å². The summed E-state index contributed by atoms with van der Waals surface area (Å²) in [6.45, 7) is 4.22. The number of nitrogens with one attached hydrogen (secondary N) is 2. The number of hydrogen-bond acceptors (Lipinski definition) is 7. The number of anilines is 1. The average molecular weight is 422 g/mol. The van der Waals surface area contributed by atoms with Crippen LogP contribution in [0.5, 0.6) is 0 Å². The van der Waals surface area contributed by atoms with E-state index in [1.807, 2.05) is 37.6 Å². The highest BCUT2D eigenvalue weighted by atomic mass is 35.5. The maximum absolute atomic E-state index is 8.74. The molecule has 8 heteroatoms. The maximum Gasteiger partial charge on any atom is 0.129 e. The highest BCUT2D eigenvalue weighted by molar-refractivity contribution is 6.29. The molecule has 0 unspecified atom stereocenters. The van der Waals surface area contributed by atoms with Crippen molar-refractivity contribution in [1.29, 1.82) is 5.41 Å². The first-order valence-electron chi connectivity index (χ1n) is 9.89. The Balaban J connectivity index is 1.45. The van der Waals surface area contributed by atoms with Gasteiger partial charge in [-0.1, -0.05) is 11.6 Å². The zero-order valence-corrected chi connectivity index (χ0v) is 17.6. The van der Waals surface area contributed by atoms with Gasteiger partial charge in [-0.3, -0.25) is 14.9 Å². The number of rotatable bonds is 6. The van der Waals surface area contributed by atoms with Gasteiger partial charge in [-0.15, -0.1) is 0 Å². The van der Waals surface area contributed by atoms with Gasteiger partial charge in [0.1, 0.15) is 5.15 Å². The summed E-state index contributed by atoms with van der Waals surface area (Å²) in [5, 5.41) is 12.2. The van der Waals surface area contributed by atoms with Crippen LogP contribution < -0.4 is 10.2 Å². The van der Waals surface area contributed by atoms with Crippen LogP contribution in [0, 0.1) is 5.41 Å². The molecule has 154 valence electrons. The molecule has 0 spiro atoms. The van der Waals surface area contributed by atoms with Crippen LogP contribution in [0.2, 0.25) is 5.15 Å². The predicted octanol–water partition coefficient (Wildman–Crippen LogP) is 3.08. The van der Waals surface area contributed by atoms with Gasteiger partial charge in [0.15, 0.2) is 0 Å². The Morgan fingerprint density at radius 3 is 2.73 bits per heavy atom. The summed E-state index contributed by atoms with van der Waals surface area (Å²) in [5.74, 6) is 0. The number of aromatic nitrogens is 3. The Kier molecular flexibility index (Phi) is 6.21. The molecule has 1 aliphatic heterocycles. The molecule has 30 heavy (non-hydrogen) atoms. The first-order valence-corrected chi connectivity index (χ1v) is 10.3. The van der Waals surface area contributed by atoms with E-state index in [1.165, 1.54) is 0 Å². The molecule has 1 saturated heterocycles. The first-order chi connectivity index (χ1) is 14.6. The normalized spacial score (nSPS) is 15.4. The molecule has 3 aromatic rings. The molecule has 0 saturated carbocycles. The second-order valence-electron chi connectivity index (χ2n) is 7.20. The molecule has 0 atom stereocenters. The third-order valence-corrected chi connectivity index (χ3v) is 5.40. The van der Waals surface area contributed by atoms with Crippen molar-refractivity contribution in [2.24, 2.45) is 0 Å². The van der Waals surface area contributed by atoms with Gasteiger partial charge < -0.3 is 15.6 Å². The van der Waals surface area contributed by atoms with Gasteiger partial charge in [0.05, 0.1) is 28.6 Å². The van der Waals surface area contributed by atoms with Gasteiger partial charge in [-0.25, -0.2) is 4.98 Å². The third-order valence-electron chi connectivity index (χ3n) is 5.19. The van der Waals surface area contributed by atoms with E-state index in [0.717, 1.165) is 54.0 Å². The Hall–Kier alpha value is -3.03. The molecule has 0 aromatic carbocycles. The lowest BCUT2D eigenvalue weighted by molar-refractivity contribution is 0.292. The Morgan fingerprint density at radius 1 is 1.17 bits per heavy atom. The Bertz CT molecular complexity index is 1060. The van der Waals surface area contributed by atoms with E-state index in [4.69, 9.17) is 17.0 Å². The number of hydrogen-bond donors (Lipinski definition) is 2. The largest absolute Gasteiger partial charge is 0.393 e. The molecular formula is C22H24ClN7. The zero-order valence-electron chi connectivity index (χ0n) is 16.8. The number of halogens is 1. The van der Waals surface area contributed by atoms with E-state index < -0.39 is 0 Å². The van der Waals surface area contributed by atoms with Crippen molar-refractivity contribution < 1.29 is 0 Å². The molecule has 4 rings (SSSR count). The van der Waals surface area contributed by atoms with E-state index in [9.17, 15) is 0 Å². The van der Waals surface area contributed by atoms with Crippen molar-refractivity contribution in [2.45, 2.75) is 0 Å². The topological polar surface area (TPSA) is 81.0 Å². The van der Waals surface area contributed by atoms with Gasteiger partial charge in [0.2, 0.25) is 0 Å². The van der Waals surface area contributed by atoms with Gasteiger partial charge in [0, 0.05) is 69.5 Å². The van der Waals surface area contributed by atoms with Crippen LogP contribution >= 0.6 is 11.6 Å². The molecule has 1 fully saturated rings. The summed E-state index contributed by atoms with van der Waals surface area (Å²) in [5.41, 5.74) is 4.86. The summed E-state index contributed by atoms with van der Waals surface area (Å²) < 4.78 is 0. The second-order valence-corrected chi connectivity index (χ2v) is 7.58. The number of pyridine rings is 3. The van der Waals surface area contributed by atoms with E-state index in [-0.39, 0.29) is 0 Å². The smallest absolute Gasteiger partial charge is 0.129 e. The molecule has 2 N–H and O–H groups in total. The monoisotopic (exact) mass is 421 g/mol. The van der Waals surface area contributed by atoms with Gasteiger partial charge in [0.25, 0.3) is 0 Å². The quantitative estimate of drug-likeness (QED) is 0.470. The first kappa shape index (κ1) is 20.3. The number of nitrogens with zero attached hydrogens (tertiary/aromatic N) is 5. The number of piperazine rings is 1. The molecule has 7 nitrogen and oxygen atoms in total. The van der Waals surface area contributed by atoms with E-state index in [2.05, 4.69) is 36.1 Å². The minimum Gasteiger partial charge on any atom is -0.393 e. The highest BCUT2D eigenvalue weighted by Gasteiger charge is 2.20. The lowest BCUT2D eigenvalue weighted by Crippen LogP contribution is -2.48. The van der Waals surface area contributed by atoms with E-state index in [0.29, 0.717) is 17.4 Å². The van der Waals surface area contributed by atoms with Crippen LogP contribution in [0.25, 0.3) is 16.6 Å². The van der Waals surface area contributed by atoms with Crippen LogP contribution in [0.4, 0.5) is 5.69 Å². The fraction of sp³-hybridized carbons (Fsp3) is 0.273. The Labute approximate surface area is 180 Å².